The van der Waals surface area contributed by atoms with Crippen LogP contribution in [0.4, 0.5) is 0 Å². The van der Waals surface area contributed by atoms with Crippen LogP contribution in [0.1, 0.15) is 22.3 Å². The van der Waals surface area contributed by atoms with Crippen molar-refractivity contribution in [3.05, 3.63) is 108 Å². The van der Waals surface area contributed by atoms with Gasteiger partial charge in [0.05, 0.1) is 11.0 Å². The second-order valence-corrected chi connectivity index (χ2v) is 10.7. The molecule has 0 amide bonds. The number of fused-ring (bicyclic) bond motifs is 12. The summed E-state index contributed by atoms with van der Waals surface area (Å²) in [5, 5.41) is 6.93. The van der Waals surface area contributed by atoms with Crippen molar-refractivity contribution >= 4 is 54.6 Å². The molecule has 5 heteroatoms. The molecule has 0 aliphatic rings. The molecule has 0 atom stereocenters. The molecule has 0 saturated heterocycles. The fourth-order valence-corrected chi connectivity index (χ4v) is 5.98. The normalized spacial score (nSPS) is 12.1. The summed E-state index contributed by atoms with van der Waals surface area (Å²) < 4.78 is 10.8. The van der Waals surface area contributed by atoms with Crippen LogP contribution in [0.5, 0.6) is 11.5 Å². The maximum Gasteiger partial charge on any atom is 0.145 e. The summed E-state index contributed by atoms with van der Waals surface area (Å²) in [7, 11) is 0. The van der Waals surface area contributed by atoms with Crippen molar-refractivity contribution in [3.8, 4) is 11.5 Å². The van der Waals surface area contributed by atoms with Crippen molar-refractivity contribution in [1.82, 2.24) is 18.8 Å². The molecular weight excluding hydrogens is 480 g/mol. The molecule has 188 valence electrons. The maximum absolute atomic E-state index is 6.48. The van der Waals surface area contributed by atoms with Crippen LogP contribution in [0.2, 0.25) is 0 Å². The van der Waals surface area contributed by atoms with Crippen molar-refractivity contribution in [2.75, 3.05) is 0 Å². The summed E-state index contributed by atoms with van der Waals surface area (Å²) in [5.41, 5.74) is 9.31. The summed E-state index contributed by atoms with van der Waals surface area (Å²) in [5.74, 6) is 1.56. The van der Waals surface area contributed by atoms with Crippen molar-refractivity contribution in [2.45, 2.75) is 27.7 Å². The number of benzene rings is 4. The Bertz CT molecular complexity index is 2140. The number of pyridine rings is 2. The number of hydrogen-bond donors (Lipinski definition) is 0. The number of aryl methyl sites for hydroxylation is 4. The highest BCUT2D eigenvalue weighted by Crippen LogP contribution is 2.37. The van der Waals surface area contributed by atoms with Crippen LogP contribution in [-0.4, -0.2) is 18.8 Å². The van der Waals surface area contributed by atoms with E-state index in [2.05, 4.69) is 97.2 Å². The molecule has 8 rings (SSSR count). The lowest BCUT2D eigenvalue weighted by molar-refractivity contribution is 0.484. The molecule has 0 radical (unpaired) electrons. The summed E-state index contributed by atoms with van der Waals surface area (Å²) in [6.07, 6.45) is 7.80. The monoisotopic (exact) mass is 506 g/mol. The molecule has 0 aliphatic heterocycles. The van der Waals surface area contributed by atoms with E-state index < -0.39 is 0 Å². The van der Waals surface area contributed by atoms with E-state index in [1.54, 1.807) is 0 Å². The topological polar surface area (TPSA) is 43.8 Å². The molecule has 0 N–H and O–H groups in total. The Hall–Kier alpha value is -4.90. The number of ether oxygens (including phenoxy) is 1. The Kier molecular flexibility index (Phi) is 4.43. The van der Waals surface area contributed by atoms with E-state index in [9.17, 15) is 0 Å². The molecule has 8 aromatic rings. The van der Waals surface area contributed by atoms with Gasteiger partial charge in [-0.3, -0.25) is 8.80 Å². The van der Waals surface area contributed by atoms with E-state index in [1.807, 2.05) is 24.8 Å². The number of imidazole rings is 2. The van der Waals surface area contributed by atoms with Crippen LogP contribution in [-0.2, 0) is 0 Å². The van der Waals surface area contributed by atoms with Crippen LogP contribution >= 0.6 is 0 Å². The molecule has 5 nitrogen and oxygen atoms in total. The quantitative estimate of drug-likeness (QED) is 0.220. The third kappa shape index (κ3) is 3.13. The highest BCUT2D eigenvalue weighted by Gasteiger charge is 2.14. The third-order valence-corrected chi connectivity index (χ3v) is 8.30. The highest BCUT2D eigenvalue weighted by molar-refractivity contribution is 6.13. The second kappa shape index (κ2) is 7.81. The van der Waals surface area contributed by atoms with Gasteiger partial charge in [-0.05, 0) is 121 Å². The number of nitrogens with zero attached hydrogens (tertiary/aromatic N) is 4. The summed E-state index contributed by atoms with van der Waals surface area (Å²) in [6.45, 7) is 8.64. The zero-order valence-electron chi connectivity index (χ0n) is 22.3. The van der Waals surface area contributed by atoms with Crippen LogP contribution in [0, 0.1) is 27.7 Å². The summed E-state index contributed by atoms with van der Waals surface area (Å²) in [6, 6.07) is 21.7. The summed E-state index contributed by atoms with van der Waals surface area (Å²) >= 11 is 0. The van der Waals surface area contributed by atoms with Gasteiger partial charge >= 0.3 is 0 Å². The molecule has 0 fully saturated rings. The van der Waals surface area contributed by atoms with Gasteiger partial charge in [-0.2, -0.15) is 0 Å². The maximum atomic E-state index is 6.48. The van der Waals surface area contributed by atoms with Gasteiger partial charge in [0.1, 0.15) is 22.8 Å². The van der Waals surface area contributed by atoms with Crippen LogP contribution in [0.15, 0.2) is 85.5 Å². The highest BCUT2D eigenvalue weighted by atomic mass is 16.5. The third-order valence-electron chi connectivity index (χ3n) is 8.30. The second-order valence-electron chi connectivity index (χ2n) is 10.7. The Morgan fingerprint density at radius 3 is 1.38 bits per heavy atom. The van der Waals surface area contributed by atoms with Gasteiger partial charge in [-0.1, -0.05) is 0 Å². The van der Waals surface area contributed by atoms with Gasteiger partial charge in [0.2, 0.25) is 0 Å². The van der Waals surface area contributed by atoms with Crippen molar-refractivity contribution in [2.24, 2.45) is 0 Å². The minimum atomic E-state index is 0.779. The molecule has 4 heterocycles. The molecule has 0 bridgehead atoms. The molecule has 0 saturated carbocycles. The van der Waals surface area contributed by atoms with Crippen molar-refractivity contribution in [1.29, 1.82) is 0 Å². The Balaban J connectivity index is 1.31. The predicted molar refractivity (Wildman–Crippen MR) is 159 cm³/mol. The van der Waals surface area contributed by atoms with E-state index in [0.717, 1.165) is 33.6 Å². The lowest BCUT2D eigenvalue weighted by Crippen LogP contribution is -1.94. The van der Waals surface area contributed by atoms with E-state index in [0.29, 0.717) is 0 Å². The first-order valence-corrected chi connectivity index (χ1v) is 13.2. The predicted octanol–water partition coefficient (Wildman–Crippen LogP) is 8.62. The zero-order chi connectivity index (χ0) is 26.4. The minimum absolute atomic E-state index is 0.779. The number of rotatable bonds is 2. The largest absolute Gasteiger partial charge is 0.457 e. The van der Waals surface area contributed by atoms with Gasteiger partial charge in [0, 0.05) is 46.3 Å². The van der Waals surface area contributed by atoms with Gasteiger partial charge in [0.15, 0.2) is 0 Å². The smallest absolute Gasteiger partial charge is 0.145 e. The number of aromatic nitrogens is 4. The van der Waals surface area contributed by atoms with Crippen LogP contribution in [0.3, 0.4) is 0 Å². The van der Waals surface area contributed by atoms with Crippen LogP contribution in [0.25, 0.3) is 54.6 Å². The summed E-state index contributed by atoms with van der Waals surface area (Å²) in [4.78, 5) is 9.41. The lowest BCUT2D eigenvalue weighted by atomic mass is 10.0. The van der Waals surface area contributed by atoms with E-state index in [-0.39, 0.29) is 0 Å². The van der Waals surface area contributed by atoms with Crippen LogP contribution < -0.4 is 4.74 Å². The van der Waals surface area contributed by atoms with E-state index in [4.69, 9.17) is 14.7 Å². The SMILES string of the molecule is Cc1cc2c3ccc(Oc4ccc5c6cc(C)c(C)cc6n6ccnc6c5c4)cc3c3nccn3c2cc1C. The van der Waals surface area contributed by atoms with Gasteiger partial charge in [-0.25, -0.2) is 9.97 Å². The molecule has 0 spiro atoms. The Morgan fingerprint density at radius 2 is 0.923 bits per heavy atom. The molecule has 39 heavy (non-hydrogen) atoms. The van der Waals surface area contributed by atoms with E-state index >= 15 is 0 Å². The fraction of sp³-hybridized carbons (Fsp3) is 0.118. The van der Waals surface area contributed by atoms with Crippen molar-refractivity contribution < 1.29 is 4.74 Å². The molecule has 0 aliphatic carbocycles. The standard InChI is InChI=1S/C34H26N4O/c1-19-13-27-25-7-5-23(17-29(25)33-35-9-11-37(33)31(27)15-21(19)3)39-24-6-8-26-28-14-20(2)22(4)16-32(28)38-12-10-36-34(38)30(26)18-24/h5-18H,1-4H3. The Morgan fingerprint density at radius 1 is 0.487 bits per heavy atom. The Labute approximate surface area is 224 Å². The van der Waals surface area contributed by atoms with E-state index in [1.165, 1.54) is 54.8 Å². The van der Waals surface area contributed by atoms with Crippen molar-refractivity contribution in [3.63, 3.8) is 0 Å². The minimum Gasteiger partial charge on any atom is -0.457 e. The molecular formula is C34H26N4O. The van der Waals surface area contributed by atoms with Gasteiger partial charge in [0.25, 0.3) is 0 Å². The van der Waals surface area contributed by atoms with Gasteiger partial charge in [-0.15, -0.1) is 0 Å². The first-order chi connectivity index (χ1) is 19.0. The zero-order valence-corrected chi connectivity index (χ0v) is 22.3. The lowest BCUT2D eigenvalue weighted by Gasteiger charge is -2.14. The average Bonchev–Trinajstić information content (AvgIpc) is 3.62. The average molecular weight is 507 g/mol. The molecule has 0 unspecified atom stereocenters. The first-order valence-electron chi connectivity index (χ1n) is 13.2. The first kappa shape index (κ1) is 22.1. The molecule has 4 aromatic heterocycles. The number of hydrogen-bond acceptors (Lipinski definition) is 3. The fourth-order valence-electron chi connectivity index (χ4n) is 5.98. The molecule has 4 aromatic carbocycles. The van der Waals surface area contributed by atoms with Gasteiger partial charge < -0.3 is 4.74 Å².